The van der Waals surface area contributed by atoms with E-state index in [4.69, 9.17) is 0 Å². The van der Waals surface area contributed by atoms with E-state index in [0.29, 0.717) is 12.5 Å². The molecule has 1 saturated heterocycles. The number of hydrogen-bond donors (Lipinski definition) is 1. The Kier molecular flexibility index (Phi) is 3.01. The molecule has 4 nitrogen and oxygen atoms in total. The Morgan fingerprint density at radius 2 is 2.00 bits per heavy atom. The van der Waals surface area contributed by atoms with Gasteiger partial charge in [-0.1, -0.05) is 24.3 Å². The van der Waals surface area contributed by atoms with Crippen LogP contribution in [0.5, 0.6) is 0 Å². The summed E-state index contributed by atoms with van der Waals surface area (Å²) >= 11 is 0. The summed E-state index contributed by atoms with van der Waals surface area (Å²) < 4.78 is 0. The summed E-state index contributed by atoms with van der Waals surface area (Å²) in [6, 6.07) is 7.76. The van der Waals surface area contributed by atoms with Crippen molar-refractivity contribution in [2.75, 3.05) is 6.54 Å². The summed E-state index contributed by atoms with van der Waals surface area (Å²) in [7, 11) is 0. The zero-order valence-electron chi connectivity index (χ0n) is 11.1. The van der Waals surface area contributed by atoms with Crippen LogP contribution >= 0.6 is 0 Å². The summed E-state index contributed by atoms with van der Waals surface area (Å²) in [5.74, 6) is 0.392. The van der Waals surface area contributed by atoms with Crippen LogP contribution in [0, 0.1) is 12.8 Å². The topological polar surface area (TPSA) is 49.4 Å². The first-order valence-electron chi connectivity index (χ1n) is 6.78. The van der Waals surface area contributed by atoms with E-state index in [2.05, 4.69) is 5.32 Å². The fourth-order valence-electron chi connectivity index (χ4n) is 2.70. The van der Waals surface area contributed by atoms with E-state index < -0.39 is 0 Å². The first-order valence-corrected chi connectivity index (χ1v) is 6.78. The molecule has 1 heterocycles. The summed E-state index contributed by atoms with van der Waals surface area (Å²) in [5.41, 5.74) is 2.28. The minimum absolute atomic E-state index is 0.00989. The maximum Gasteiger partial charge on any atom is 0.243 e. The number of piperazine rings is 1. The van der Waals surface area contributed by atoms with Gasteiger partial charge in [0.15, 0.2) is 0 Å². The van der Waals surface area contributed by atoms with E-state index in [-0.39, 0.29) is 24.4 Å². The fourth-order valence-corrected chi connectivity index (χ4v) is 2.70. The molecule has 19 heavy (non-hydrogen) atoms. The Bertz CT molecular complexity index is 523. The molecular weight excluding hydrogens is 240 g/mol. The van der Waals surface area contributed by atoms with Crippen molar-refractivity contribution in [2.24, 2.45) is 5.92 Å². The third-order valence-corrected chi connectivity index (χ3v) is 4.01. The van der Waals surface area contributed by atoms with Gasteiger partial charge in [-0.15, -0.1) is 0 Å². The number of carbonyl (C=O) groups is 2. The number of rotatable bonds is 3. The van der Waals surface area contributed by atoms with Gasteiger partial charge < -0.3 is 10.2 Å². The Labute approximate surface area is 112 Å². The third-order valence-electron chi connectivity index (χ3n) is 4.01. The average molecular weight is 258 g/mol. The van der Waals surface area contributed by atoms with Crippen LogP contribution in [0.25, 0.3) is 0 Å². The molecule has 100 valence electrons. The van der Waals surface area contributed by atoms with Crippen LogP contribution in [0.15, 0.2) is 24.3 Å². The summed E-state index contributed by atoms with van der Waals surface area (Å²) in [6.45, 7) is 2.71. The zero-order chi connectivity index (χ0) is 13.4. The van der Waals surface area contributed by atoms with Crippen LogP contribution in [0.2, 0.25) is 0 Å². The van der Waals surface area contributed by atoms with Gasteiger partial charge in [-0.2, -0.15) is 0 Å². The number of nitrogens with zero attached hydrogens (tertiary/aromatic N) is 1. The maximum atomic E-state index is 12.1. The molecular formula is C15H18N2O2. The molecule has 1 aromatic carbocycles. The van der Waals surface area contributed by atoms with Crippen molar-refractivity contribution in [2.45, 2.75) is 32.4 Å². The molecule has 1 unspecified atom stereocenters. The van der Waals surface area contributed by atoms with Crippen molar-refractivity contribution in [1.29, 1.82) is 0 Å². The van der Waals surface area contributed by atoms with Crippen molar-refractivity contribution in [3.63, 3.8) is 0 Å². The van der Waals surface area contributed by atoms with Crippen LogP contribution in [-0.4, -0.2) is 29.3 Å². The first-order chi connectivity index (χ1) is 9.16. The lowest BCUT2D eigenvalue weighted by Gasteiger charge is -2.35. The van der Waals surface area contributed by atoms with Gasteiger partial charge in [0.25, 0.3) is 0 Å². The van der Waals surface area contributed by atoms with Gasteiger partial charge in [-0.05, 0) is 36.8 Å². The van der Waals surface area contributed by atoms with Crippen LogP contribution in [0.1, 0.15) is 24.0 Å². The zero-order valence-corrected chi connectivity index (χ0v) is 11.1. The van der Waals surface area contributed by atoms with Gasteiger partial charge in [0.05, 0.1) is 6.54 Å². The minimum Gasteiger partial charge on any atom is -0.345 e. The van der Waals surface area contributed by atoms with Crippen LogP contribution < -0.4 is 5.32 Å². The molecule has 1 atom stereocenters. The first kappa shape index (κ1) is 12.2. The predicted molar refractivity (Wildman–Crippen MR) is 71.3 cm³/mol. The summed E-state index contributed by atoms with van der Waals surface area (Å²) in [4.78, 5) is 25.9. The smallest absolute Gasteiger partial charge is 0.243 e. The molecule has 3 rings (SSSR count). The fraction of sp³-hybridized carbons (Fsp3) is 0.467. The van der Waals surface area contributed by atoms with Crippen LogP contribution in [0.4, 0.5) is 0 Å². The average Bonchev–Trinajstić information content (AvgIpc) is 3.21. The standard InChI is InChI=1S/C15H18N2O2/c1-10-4-2-3-5-12(10)9-17-13(18)8-16-15(19)14(17)11-6-7-11/h2-5,11,14H,6-9H2,1H3,(H,16,19). The monoisotopic (exact) mass is 258 g/mol. The van der Waals surface area contributed by atoms with Gasteiger partial charge in [0.2, 0.25) is 11.8 Å². The van der Waals surface area contributed by atoms with Gasteiger partial charge in [-0.25, -0.2) is 0 Å². The van der Waals surface area contributed by atoms with E-state index in [9.17, 15) is 9.59 Å². The molecule has 2 amide bonds. The number of carbonyl (C=O) groups excluding carboxylic acids is 2. The number of aryl methyl sites for hydroxylation is 1. The van der Waals surface area contributed by atoms with E-state index in [1.54, 1.807) is 4.90 Å². The SMILES string of the molecule is Cc1ccccc1CN1C(=O)CNC(=O)C1C1CC1. The number of hydrogen-bond acceptors (Lipinski definition) is 2. The Hall–Kier alpha value is -1.84. The van der Waals surface area contributed by atoms with Crippen LogP contribution in [0.3, 0.4) is 0 Å². The molecule has 2 fully saturated rings. The molecule has 0 bridgehead atoms. The molecule has 4 heteroatoms. The van der Waals surface area contributed by atoms with Crippen molar-refractivity contribution >= 4 is 11.8 Å². The van der Waals surface area contributed by atoms with Crippen molar-refractivity contribution < 1.29 is 9.59 Å². The van der Waals surface area contributed by atoms with Crippen LogP contribution in [-0.2, 0) is 16.1 Å². The van der Waals surface area contributed by atoms with E-state index >= 15 is 0 Å². The Morgan fingerprint density at radius 3 is 2.68 bits per heavy atom. The number of benzene rings is 1. The largest absolute Gasteiger partial charge is 0.345 e. The third kappa shape index (κ3) is 2.35. The second-order valence-corrected chi connectivity index (χ2v) is 5.45. The quantitative estimate of drug-likeness (QED) is 0.886. The van der Waals surface area contributed by atoms with Gasteiger partial charge in [-0.3, -0.25) is 9.59 Å². The Balaban J connectivity index is 1.85. The molecule has 0 spiro atoms. The lowest BCUT2D eigenvalue weighted by Crippen LogP contribution is -2.58. The highest BCUT2D eigenvalue weighted by atomic mass is 16.2. The summed E-state index contributed by atoms with van der Waals surface area (Å²) in [5, 5.41) is 2.70. The van der Waals surface area contributed by atoms with Gasteiger partial charge in [0, 0.05) is 6.54 Å². The second kappa shape index (κ2) is 4.68. The van der Waals surface area contributed by atoms with Gasteiger partial charge in [0.1, 0.15) is 6.04 Å². The van der Waals surface area contributed by atoms with Crippen molar-refractivity contribution in [3.8, 4) is 0 Å². The molecule has 0 aromatic heterocycles. The molecule has 0 radical (unpaired) electrons. The normalized spacial score (nSPS) is 23.4. The predicted octanol–water partition coefficient (Wildman–Crippen LogP) is 1.23. The Morgan fingerprint density at radius 1 is 1.26 bits per heavy atom. The lowest BCUT2D eigenvalue weighted by molar-refractivity contribution is -0.147. The highest BCUT2D eigenvalue weighted by Crippen LogP contribution is 2.37. The van der Waals surface area contributed by atoms with Crippen molar-refractivity contribution in [1.82, 2.24) is 10.2 Å². The lowest BCUT2D eigenvalue weighted by atomic mass is 10.0. The second-order valence-electron chi connectivity index (χ2n) is 5.45. The van der Waals surface area contributed by atoms with Crippen molar-refractivity contribution in [3.05, 3.63) is 35.4 Å². The molecule has 1 N–H and O–H groups in total. The minimum atomic E-state index is -0.263. The van der Waals surface area contributed by atoms with Gasteiger partial charge >= 0.3 is 0 Å². The number of nitrogens with one attached hydrogen (secondary N) is 1. The highest BCUT2D eigenvalue weighted by Gasteiger charge is 2.44. The highest BCUT2D eigenvalue weighted by molar-refractivity contribution is 5.95. The number of amides is 2. The summed E-state index contributed by atoms with van der Waals surface area (Å²) in [6.07, 6.45) is 2.10. The van der Waals surface area contributed by atoms with E-state index in [0.717, 1.165) is 24.0 Å². The van der Waals surface area contributed by atoms with E-state index in [1.165, 1.54) is 0 Å². The van der Waals surface area contributed by atoms with E-state index in [1.807, 2.05) is 31.2 Å². The molecule has 1 aliphatic carbocycles. The maximum absolute atomic E-state index is 12.1. The molecule has 2 aliphatic rings. The molecule has 1 aromatic rings. The molecule has 1 aliphatic heterocycles. The molecule has 1 saturated carbocycles.